The molecule has 3 aromatic rings. The number of rotatable bonds is 1. The van der Waals surface area contributed by atoms with E-state index in [1.807, 2.05) is 30.3 Å². The molecule has 0 saturated carbocycles. The molecule has 0 unspecified atom stereocenters. The summed E-state index contributed by atoms with van der Waals surface area (Å²) in [5.41, 5.74) is 1.50. The zero-order valence-electron chi connectivity index (χ0n) is 9.24. The summed E-state index contributed by atoms with van der Waals surface area (Å²) in [6.45, 7) is 0. The Morgan fingerprint density at radius 2 is 1.82 bits per heavy atom. The van der Waals surface area contributed by atoms with E-state index in [0.29, 0.717) is 5.39 Å². The van der Waals surface area contributed by atoms with Gasteiger partial charge in [0.25, 0.3) is 5.56 Å². The fourth-order valence-electron chi connectivity index (χ4n) is 1.79. The summed E-state index contributed by atoms with van der Waals surface area (Å²) >= 11 is 0. The Labute approximate surface area is 96.9 Å². The van der Waals surface area contributed by atoms with Crippen molar-refractivity contribution in [3.8, 4) is 5.69 Å². The van der Waals surface area contributed by atoms with Crippen LogP contribution >= 0.6 is 0 Å². The van der Waals surface area contributed by atoms with Crippen LogP contribution in [0.1, 0.15) is 0 Å². The summed E-state index contributed by atoms with van der Waals surface area (Å²) in [4.78, 5) is 11.8. The van der Waals surface area contributed by atoms with Gasteiger partial charge in [-0.3, -0.25) is 4.79 Å². The topological polar surface area (TPSA) is 52.7 Å². The van der Waals surface area contributed by atoms with E-state index < -0.39 is 0 Å². The van der Waals surface area contributed by atoms with E-state index in [9.17, 15) is 4.79 Å². The SMILES string of the molecule is Cn1ncc2c(cnn2-c2ccccc2)c1=O. The maximum absolute atomic E-state index is 11.8. The second-order valence-corrected chi connectivity index (χ2v) is 3.76. The van der Waals surface area contributed by atoms with Crippen LogP contribution in [0.2, 0.25) is 0 Å². The van der Waals surface area contributed by atoms with Crippen LogP contribution in [0.25, 0.3) is 16.6 Å². The third kappa shape index (κ3) is 1.44. The standard InChI is InChI=1S/C12H10N4O/c1-15-12(17)10-7-14-16(11(10)8-13-15)9-5-3-2-4-6-9/h2-8H,1H3. The van der Waals surface area contributed by atoms with Gasteiger partial charge in [0.05, 0.1) is 29.0 Å². The average molecular weight is 226 g/mol. The van der Waals surface area contributed by atoms with E-state index in [1.165, 1.54) is 4.68 Å². The lowest BCUT2D eigenvalue weighted by Crippen LogP contribution is -2.18. The van der Waals surface area contributed by atoms with Gasteiger partial charge in [0.15, 0.2) is 0 Å². The minimum atomic E-state index is -0.135. The lowest BCUT2D eigenvalue weighted by molar-refractivity contribution is 0.716. The van der Waals surface area contributed by atoms with Crippen molar-refractivity contribution < 1.29 is 0 Å². The van der Waals surface area contributed by atoms with Gasteiger partial charge >= 0.3 is 0 Å². The number of aryl methyl sites for hydroxylation is 1. The maximum atomic E-state index is 11.8. The van der Waals surface area contributed by atoms with Crippen LogP contribution < -0.4 is 5.56 Å². The Bertz CT molecular complexity index is 727. The molecule has 1 aromatic carbocycles. The molecule has 0 N–H and O–H groups in total. The highest BCUT2D eigenvalue weighted by atomic mass is 16.1. The van der Waals surface area contributed by atoms with E-state index in [4.69, 9.17) is 0 Å². The number of fused-ring (bicyclic) bond motifs is 1. The van der Waals surface area contributed by atoms with Crippen molar-refractivity contribution >= 4 is 10.9 Å². The average Bonchev–Trinajstić information content (AvgIpc) is 2.79. The Balaban J connectivity index is 2.34. The summed E-state index contributed by atoms with van der Waals surface area (Å²) in [7, 11) is 1.63. The van der Waals surface area contributed by atoms with Crippen LogP contribution in [-0.2, 0) is 7.05 Å². The molecule has 2 aromatic heterocycles. The molecule has 84 valence electrons. The molecule has 0 aliphatic rings. The van der Waals surface area contributed by atoms with Crippen molar-refractivity contribution in [3.05, 3.63) is 53.1 Å². The number of para-hydroxylation sites is 1. The molecular weight excluding hydrogens is 216 g/mol. The van der Waals surface area contributed by atoms with Crippen LogP contribution in [0.15, 0.2) is 47.5 Å². The van der Waals surface area contributed by atoms with Gasteiger partial charge in [-0.2, -0.15) is 10.2 Å². The van der Waals surface area contributed by atoms with Crippen LogP contribution in [0, 0.1) is 0 Å². The Morgan fingerprint density at radius 3 is 2.59 bits per heavy atom. The van der Waals surface area contributed by atoms with Crippen molar-refractivity contribution in [1.29, 1.82) is 0 Å². The molecule has 0 spiro atoms. The summed E-state index contributed by atoms with van der Waals surface area (Å²) in [5.74, 6) is 0. The molecule has 5 heteroatoms. The van der Waals surface area contributed by atoms with E-state index in [1.54, 1.807) is 24.1 Å². The molecule has 0 aliphatic carbocycles. The van der Waals surface area contributed by atoms with Gasteiger partial charge in [-0.05, 0) is 12.1 Å². The third-order valence-electron chi connectivity index (χ3n) is 2.68. The largest absolute Gasteiger partial charge is 0.277 e. The monoisotopic (exact) mass is 226 g/mol. The number of nitrogens with zero attached hydrogens (tertiary/aromatic N) is 4. The second-order valence-electron chi connectivity index (χ2n) is 3.76. The van der Waals surface area contributed by atoms with Crippen molar-refractivity contribution in [2.24, 2.45) is 7.05 Å². The summed E-state index contributed by atoms with van der Waals surface area (Å²) < 4.78 is 3.02. The lowest BCUT2D eigenvalue weighted by Gasteiger charge is -2.02. The van der Waals surface area contributed by atoms with E-state index in [-0.39, 0.29) is 5.56 Å². The van der Waals surface area contributed by atoms with Crippen molar-refractivity contribution in [1.82, 2.24) is 19.6 Å². The van der Waals surface area contributed by atoms with Crippen molar-refractivity contribution in [3.63, 3.8) is 0 Å². The first-order valence-electron chi connectivity index (χ1n) is 5.23. The van der Waals surface area contributed by atoms with Crippen molar-refractivity contribution in [2.45, 2.75) is 0 Å². The number of hydrogen-bond donors (Lipinski definition) is 0. The fraction of sp³-hybridized carbons (Fsp3) is 0.0833. The molecule has 0 radical (unpaired) electrons. The molecular formula is C12H10N4O. The first-order valence-corrected chi connectivity index (χ1v) is 5.23. The highest BCUT2D eigenvalue weighted by Crippen LogP contribution is 2.13. The van der Waals surface area contributed by atoms with Gasteiger partial charge in [0.1, 0.15) is 0 Å². The molecule has 5 nitrogen and oxygen atoms in total. The summed E-state index contributed by atoms with van der Waals surface area (Å²) in [5, 5.41) is 8.81. The van der Waals surface area contributed by atoms with Crippen LogP contribution in [0.5, 0.6) is 0 Å². The molecule has 0 atom stereocenters. The maximum Gasteiger partial charge on any atom is 0.277 e. The highest BCUT2D eigenvalue weighted by molar-refractivity contribution is 5.78. The van der Waals surface area contributed by atoms with Gasteiger partial charge in [0, 0.05) is 7.05 Å². The molecule has 0 aliphatic heterocycles. The lowest BCUT2D eigenvalue weighted by atomic mass is 10.3. The fourth-order valence-corrected chi connectivity index (χ4v) is 1.79. The van der Waals surface area contributed by atoms with E-state index in [0.717, 1.165) is 11.2 Å². The van der Waals surface area contributed by atoms with E-state index in [2.05, 4.69) is 10.2 Å². The Hall–Kier alpha value is -2.43. The quantitative estimate of drug-likeness (QED) is 0.624. The minimum absolute atomic E-state index is 0.135. The van der Waals surface area contributed by atoms with Crippen LogP contribution in [-0.4, -0.2) is 19.6 Å². The molecule has 0 saturated heterocycles. The molecule has 0 bridgehead atoms. The zero-order valence-corrected chi connectivity index (χ0v) is 9.24. The molecule has 0 fully saturated rings. The second kappa shape index (κ2) is 3.55. The number of hydrogen-bond acceptors (Lipinski definition) is 3. The van der Waals surface area contributed by atoms with Gasteiger partial charge in [-0.1, -0.05) is 18.2 Å². The first-order chi connectivity index (χ1) is 8.27. The third-order valence-corrected chi connectivity index (χ3v) is 2.68. The van der Waals surface area contributed by atoms with Gasteiger partial charge in [-0.25, -0.2) is 9.36 Å². The zero-order chi connectivity index (χ0) is 11.8. The molecule has 3 rings (SSSR count). The Morgan fingerprint density at radius 1 is 1.06 bits per heavy atom. The van der Waals surface area contributed by atoms with Gasteiger partial charge in [0.2, 0.25) is 0 Å². The number of benzene rings is 1. The normalized spacial score (nSPS) is 10.9. The summed E-state index contributed by atoms with van der Waals surface area (Å²) in [6.07, 6.45) is 3.23. The minimum Gasteiger partial charge on any atom is -0.267 e. The predicted molar refractivity (Wildman–Crippen MR) is 64.1 cm³/mol. The van der Waals surface area contributed by atoms with Crippen LogP contribution in [0.4, 0.5) is 0 Å². The Kier molecular flexibility index (Phi) is 2.04. The highest BCUT2D eigenvalue weighted by Gasteiger charge is 2.08. The molecule has 17 heavy (non-hydrogen) atoms. The van der Waals surface area contributed by atoms with Crippen LogP contribution in [0.3, 0.4) is 0 Å². The van der Waals surface area contributed by atoms with E-state index >= 15 is 0 Å². The van der Waals surface area contributed by atoms with Gasteiger partial charge in [-0.15, -0.1) is 0 Å². The predicted octanol–water partition coefficient (Wildman–Crippen LogP) is 1.12. The molecule has 2 heterocycles. The van der Waals surface area contributed by atoms with Crippen molar-refractivity contribution in [2.75, 3.05) is 0 Å². The number of aromatic nitrogens is 4. The first kappa shape index (κ1) is 9.77. The molecule has 0 amide bonds. The summed E-state index contributed by atoms with van der Waals surface area (Å²) in [6, 6.07) is 9.66. The van der Waals surface area contributed by atoms with Gasteiger partial charge < -0.3 is 0 Å². The smallest absolute Gasteiger partial charge is 0.267 e.